The number of carbonyl (C=O) groups excluding carboxylic acids is 2. The van der Waals surface area contributed by atoms with E-state index in [1.807, 2.05) is 0 Å². The Balaban J connectivity index is 0.00000247. The highest BCUT2D eigenvalue weighted by molar-refractivity contribution is 5.76. The molecule has 0 aromatic rings. The zero-order valence-corrected chi connectivity index (χ0v) is 46.5. The van der Waals surface area contributed by atoms with Crippen molar-refractivity contribution in [1.29, 1.82) is 0 Å². The van der Waals surface area contributed by atoms with E-state index >= 15 is 0 Å². The molecule has 0 aromatic heterocycles. The lowest BCUT2D eigenvalue weighted by Crippen LogP contribution is -2.42. The smallest absolute Gasteiger partial charge is 0.305 e. The summed E-state index contributed by atoms with van der Waals surface area (Å²) >= 11 is 0. The van der Waals surface area contributed by atoms with Crippen LogP contribution in [0.1, 0.15) is 311 Å². The normalized spacial score (nSPS) is 14.1. The van der Waals surface area contributed by atoms with E-state index in [0.717, 1.165) is 64.1 Å². The molecule has 1 aliphatic rings. The third kappa shape index (κ3) is 43.0. The van der Waals surface area contributed by atoms with Gasteiger partial charge in [-0.15, -0.1) is 0 Å². The van der Waals surface area contributed by atoms with Crippen LogP contribution in [0.15, 0.2) is 12.8 Å². The third-order valence-electron chi connectivity index (χ3n) is 14.7. The van der Waals surface area contributed by atoms with Crippen LogP contribution in [0.2, 0.25) is 0 Å². The van der Waals surface area contributed by atoms with Crippen LogP contribution < -0.4 is 0 Å². The van der Waals surface area contributed by atoms with Crippen LogP contribution in [0, 0.1) is 11.8 Å². The SMILES string of the molecule is C=COCC(CCCC)CCCCCC.CCCCCCCCCC(CCCCCCCCC(=O)OCC(CCCC)CCCCCC)N(CCCN1CCCC1)C(=O)CCCCCCCC. The van der Waals surface area contributed by atoms with Gasteiger partial charge in [0, 0.05) is 25.4 Å². The summed E-state index contributed by atoms with van der Waals surface area (Å²) < 4.78 is 11.1. The van der Waals surface area contributed by atoms with Gasteiger partial charge in [-0.25, -0.2) is 0 Å². The van der Waals surface area contributed by atoms with E-state index in [-0.39, 0.29) is 5.97 Å². The van der Waals surface area contributed by atoms with Crippen molar-refractivity contribution >= 4 is 11.9 Å². The van der Waals surface area contributed by atoms with E-state index in [1.54, 1.807) is 6.26 Å². The van der Waals surface area contributed by atoms with E-state index in [9.17, 15) is 9.59 Å². The van der Waals surface area contributed by atoms with Crippen molar-refractivity contribution in [3.05, 3.63) is 12.8 Å². The minimum Gasteiger partial charge on any atom is -0.502 e. The second-order valence-corrected chi connectivity index (χ2v) is 21.1. The predicted molar refractivity (Wildman–Crippen MR) is 294 cm³/mol. The fourth-order valence-corrected chi connectivity index (χ4v) is 10.1. The number of hydrogen-bond acceptors (Lipinski definition) is 5. The van der Waals surface area contributed by atoms with Crippen molar-refractivity contribution in [2.75, 3.05) is 39.4 Å². The van der Waals surface area contributed by atoms with Crippen LogP contribution in [0.3, 0.4) is 0 Å². The molecule has 6 heteroatoms. The van der Waals surface area contributed by atoms with Crippen molar-refractivity contribution in [1.82, 2.24) is 9.80 Å². The number of likely N-dealkylation sites (tertiary alicyclic amines) is 1. The summed E-state index contributed by atoms with van der Waals surface area (Å²) in [5.74, 6) is 1.74. The molecule has 67 heavy (non-hydrogen) atoms. The first-order valence-electron chi connectivity index (χ1n) is 30.3. The number of hydrogen-bond donors (Lipinski definition) is 0. The van der Waals surface area contributed by atoms with Crippen LogP contribution in [-0.4, -0.2) is 67.1 Å². The molecule has 6 nitrogen and oxygen atoms in total. The first-order valence-corrected chi connectivity index (χ1v) is 30.3. The van der Waals surface area contributed by atoms with Crippen LogP contribution in [0.25, 0.3) is 0 Å². The number of rotatable bonds is 50. The molecule has 398 valence electrons. The summed E-state index contributed by atoms with van der Waals surface area (Å²) in [4.78, 5) is 31.4. The van der Waals surface area contributed by atoms with Crippen molar-refractivity contribution in [2.24, 2.45) is 11.8 Å². The molecule has 3 unspecified atom stereocenters. The molecular weight excluding hydrogens is 825 g/mol. The summed E-state index contributed by atoms with van der Waals surface area (Å²) in [6, 6.07) is 0.407. The van der Waals surface area contributed by atoms with Gasteiger partial charge in [0.05, 0.1) is 19.5 Å². The van der Waals surface area contributed by atoms with Gasteiger partial charge in [-0.2, -0.15) is 0 Å². The summed E-state index contributed by atoms with van der Waals surface area (Å²) in [5.41, 5.74) is 0. The molecule has 3 atom stereocenters. The van der Waals surface area contributed by atoms with E-state index < -0.39 is 0 Å². The fourth-order valence-electron chi connectivity index (χ4n) is 10.1. The summed E-state index contributed by atoms with van der Waals surface area (Å²) in [5, 5.41) is 0. The van der Waals surface area contributed by atoms with Crippen LogP contribution in [-0.2, 0) is 19.1 Å². The predicted octanol–water partition coefficient (Wildman–Crippen LogP) is 18.9. The van der Waals surface area contributed by atoms with Crippen molar-refractivity contribution in [2.45, 2.75) is 317 Å². The Hall–Kier alpha value is -1.56. The molecular formula is C61H120N2O4. The lowest BCUT2D eigenvalue weighted by atomic mass is 9.96. The number of nitrogens with zero attached hydrogens (tertiary/aromatic N) is 2. The van der Waals surface area contributed by atoms with E-state index in [2.05, 4.69) is 57.9 Å². The Labute approximate surface area is 420 Å². The quantitative estimate of drug-likeness (QED) is 0.0345. The number of carbonyl (C=O) groups is 2. The molecule has 1 rings (SSSR count). The first-order chi connectivity index (χ1) is 32.9. The molecule has 0 bridgehead atoms. The first kappa shape index (κ1) is 65.4. The van der Waals surface area contributed by atoms with Gasteiger partial charge in [0.2, 0.25) is 5.91 Å². The van der Waals surface area contributed by atoms with Crippen molar-refractivity contribution < 1.29 is 19.1 Å². The Bertz CT molecular complexity index is 1030. The van der Waals surface area contributed by atoms with Gasteiger partial charge in [0.25, 0.3) is 0 Å². The Morgan fingerprint density at radius 3 is 1.34 bits per heavy atom. The number of unbranched alkanes of at least 4 members (excludes halogenated alkanes) is 24. The Kier molecular flexibility index (Phi) is 51.1. The molecule has 0 aromatic carbocycles. The second-order valence-electron chi connectivity index (χ2n) is 21.1. The van der Waals surface area contributed by atoms with E-state index in [0.29, 0.717) is 30.9 Å². The van der Waals surface area contributed by atoms with E-state index in [1.165, 1.54) is 238 Å². The van der Waals surface area contributed by atoms with Crippen molar-refractivity contribution in [3.8, 4) is 0 Å². The summed E-state index contributed by atoms with van der Waals surface area (Å²) in [7, 11) is 0. The molecule has 1 amide bonds. The summed E-state index contributed by atoms with van der Waals surface area (Å²) in [6.45, 7) is 23.3. The van der Waals surface area contributed by atoms with Gasteiger partial charge >= 0.3 is 5.97 Å². The van der Waals surface area contributed by atoms with Crippen LogP contribution in [0.5, 0.6) is 0 Å². The average molecular weight is 946 g/mol. The maximum Gasteiger partial charge on any atom is 0.305 e. The molecule has 0 saturated carbocycles. The van der Waals surface area contributed by atoms with Crippen LogP contribution >= 0.6 is 0 Å². The highest BCUT2D eigenvalue weighted by Gasteiger charge is 2.23. The summed E-state index contributed by atoms with van der Waals surface area (Å²) in [6.07, 6.45) is 53.5. The third-order valence-corrected chi connectivity index (χ3v) is 14.7. The van der Waals surface area contributed by atoms with Gasteiger partial charge < -0.3 is 19.3 Å². The monoisotopic (exact) mass is 945 g/mol. The topological polar surface area (TPSA) is 59.1 Å². The standard InChI is InChI=1S/C47H92N2O3.C14H28O/c1-5-9-13-16-18-21-26-35-45(49(42-32-41-48-39-30-31-40-48)46(50)37-28-23-17-14-10-6-2)36-27-22-19-20-24-29-38-47(51)52-43-44(33-12-8-4)34-25-15-11-7-3;1-4-7-9-10-12-14(11-8-5-2)13-15-6-3/h44-45H,5-43H2,1-4H3;6,14H,3-5,7-13H2,1-2H3. The lowest BCUT2D eigenvalue weighted by Gasteiger charge is -2.33. The molecule has 1 heterocycles. The average Bonchev–Trinajstić information content (AvgIpc) is 3.86. The largest absolute Gasteiger partial charge is 0.502 e. The van der Waals surface area contributed by atoms with Gasteiger partial charge in [0.1, 0.15) is 0 Å². The van der Waals surface area contributed by atoms with E-state index in [4.69, 9.17) is 9.47 Å². The van der Waals surface area contributed by atoms with Gasteiger partial charge in [-0.3, -0.25) is 9.59 Å². The minimum atomic E-state index is 0.0127. The number of ether oxygens (including phenoxy) is 2. The van der Waals surface area contributed by atoms with Gasteiger partial charge in [0.15, 0.2) is 0 Å². The van der Waals surface area contributed by atoms with Crippen molar-refractivity contribution in [3.63, 3.8) is 0 Å². The molecule has 1 fully saturated rings. The molecule has 0 radical (unpaired) electrons. The number of esters is 1. The highest BCUT2D eigenvalue weighted by Crippen LogP contribution is 2.23. The molecule has 0 spiro atoms. The van der Waals surface area contributed by atoms with Crippen LogP contribution in [0.4, 0.5) is 0 Å². The zero-order valence-electron chi connectivity index (χ0n) is 46.5. The maximum absolute atomic E-state index is 13.8. The Morgan fingerprint density at radius 1 is 0.478 bits per heavy atom. The fraction of sp³-hybridized carbons (Fsp3) is 0.934. The van der Waals surface area contributed by atoms with Gasteiger partial charge in [-0.1, -0.05) is 234 Å². The number of amides is 1. The minimum absolute atomic E-state index is 0.0127. The second kappa shape index (κ2) is 52.3. The molecule has 0 N–H and O–H groups in total. The van der Waals surface area contributed by atoms with Gasteiger partial charge in [-0.05, 0) is 102 Å². The molecule has 0 aliphatic carbocycles. The Morgan fingerprint density at radius 2 is 0.866 bits per heavy atom. The highest BCUT2D eigenvalue weighted by atomic mass is 16.5. The maximum atomic E-state index is 13.8. The molecule has 1 saturated heterocycles. The lowest BCUT2D eigenvalue weighted by molar-refractivity contribution is -0.145. The zero-order chi connectivity index (χ0) is 49.1. The molecule has 1 aliphatic heterocycles.